The van der Waals surface area contributed by atoms with Crippen molar-refractivity contribution < 1.29 is 4.74 Å². The lowest BCUT2D eigenvalue weighted by Crippen LogP contribution is -1.97. The van der Waals surface area contributed by atoms with Crippen molar-refractivity contribution in [2.75, 3.05) is 0 Å². The van der Waals surface area contributed by atoms with Crippen LogP contribution in [0.2, 0.25) is 5.02 Å². The normalized spacial score (nSPS) is 10.4. The molecule has 0 aliphatic rings. The Balaban J connectivity index is 2.11. The van der Waals surface area contributed by atoms with Crippen molar-refractivity contribution in [1.29, 1.82) is 0 Å². The Morgan fingerprint density at radius 1 is 1.06 bits per heavy atom. The van der Waals surface area contributed by atoms with Crippen molar-refractivity contribution in [1.82, 2.24) is 0 Å². The molecule has 0 unspecified atom stereocenters. The van der Waals surface area contributed by atoms with Gasteiger partial charge in [0.25, 0.3) is 0 Å². The summed E-state index contributed by atoms with van der Waals surface area (Å²) in [5.41, 5.74) is 3.35. The fraction of sp³-hybridized carbons (Fsp3) is 0.200. The number of aryl methyl sites for hydroxylation is 2. The van der Waals surface area contributed by atoms with Crippen molar-refractivity contribution >= 4 is 27.5 Å². The molecule has 3 heteroatoms. The lowest BCUT2D eigenvalue weighted by atomic mass is 10.1. The third-order valence-electron chi connectivity index (χ3n) is 2.68. The summed E-state index contributed by atoms with van der Waals surface area (Å²) in [6.07, 6.45) is 0. The Hall–Kier alpha value is -0.990. The van der Waals surface area contributed by atoms with Gasteiger partial charge in [0.15, 0.2) is 0 Å². The van der Waals surface area contributed by atoms with Crippen LogP contribution in [0.15, 0.2) is 40.9 Å². The highest BCUT2D eigenvalue weighted by Crippen LogP contribution is 2.27. The Kier molecular flexibility index (Phi) is 4.31. The minimum Gasteiger partial charge on any atom is -0.488 e. The van der Waals surface area contributed by atoms with Crippen LogP contribution in [0.1, 0.15) is 16.7 Å². The molecule has 2 rings (SSSR count). The number of rotatable bonds is 3. The molecule has 0 N–H and O–H groups in total. The number of ether oxygens (including phenoxy) is 1. The molecule has 2 aromatic rings. The Morgan fingerprint density at radius 2 is 1.72 bits per heavy atom. The van der Waals surface area contributed by atoms with E-state index >= 15 is 0 Å². The SMILES string of the molecule is Cc1ccc(COc2ccc(C)cc2Br)c(Cl)c1. The van der Waals surface area contributed by atoms with E-state index in [0.29, 0.717) is 6.61 Å². The van der Waals surface area contributed by atoms with E-state index in [4.69, 9.17) is 16.3 Å². The first-order valence-corrected chi connectivity index (χ1v) is 6.87. The molecule has 0 atom stereocenters. The molecule has 0 aliphatic carbocycles. The van der Waals surface area contributed by atoms with Crippen molar-refractivity contribution in [3.05, 3.63) is 62.6 Å². The van der Waals surface area contributed by atoms with Gasteiger partial charge < -0.3 is 4.74 Å². The first-order chi connectivity index (χ1) is 8.56. The zero-order valence-corrected chi connectivity index (χ0v) is 12.7. The van der Waals surface area contributed by atoms with Gasteiger partial charge in [-0.25, -0.2) is 0 Å². The predicted molar refractivity (Wildman–Crippen MR) is 79.4 cm³/mol. The molecule has 0 radical (unpaired) electrons. The van der Waals surface area contributed by atoms with E-state index in [9.17, 15) is 0 Å². The van der Waals surface area contributed by atoms with E-state index in [1.807, 2.05) is 50.2 Å². The van der Waals surface area contributed by atoms with E-state index in [2.05, 4.69) is 15.9 Å². The Morgan fingerprint density at radius 3 is 2.39 bits per heavy atom. The molecule has 1 nitrogen and oxygen atoms in total. The number of benzene rings is 2. The quantitative estimate of drug-likeness (QED) is 0.744. The molecule has 0 spiro atoms. The first kappa shape index (κ1) is 13.4. The highest BCUT2D eigenvalue weighted by Gasteiger charge is 2.04. The number of hydrogen-bond acceptors (Lipinski definition) is 1. The molecule has 0 saturated carbocycles. The van der Waals surface area contributed by atoms with Crippen molar-refractivity contribution in [3.8, 4) is 5.75 Å². The van der Waals surface area contributed by atoms with E-state index in [-0.39, 0.29) is 0 Å². The van der Waals surface area contributed by atoms with Crippen LogP contribution in [-0.2, 0) is 6.61 Å². The predicted octanol–water partition coefficient (Wildman–Crippen LogP) is 5.30. The zero-order chi connectivity index (χ0) is 13.1. The summed E-state index contributed by atoms with van der Waals surface area (Å²) in [6, 6.07) is 12.0. The van der Waals surface area contributed by atoms with Crippen LogP contribution in [0, 0.1) is 13.8 Å². The van der Waals surface area contributed by atoms with Crippen LogP contribution in [0.4, 0.5) is 0 Å². The van der Waals surface area contributed by atoms with Gasteiger partial charge in [-0.2, -0.15) is 0 Å². The molecular formula is C15H14BrClO. The smallest absolute Gasteiger partial charge is 0.134 e. The minimum atomic E-state index is 0.473. The summed E-state index contributed by atoms with van der Waals surface area (Å²) in [5, 5.41) is 0.748. The first-order valence-electron chi connectivity index (χ1n) is 5.70. The summed E-state index contributed by atoms with van der Waals surface area (Å²) in [6.45, 7) is 4.54. The van der Waals surface area contributed by atoms with E-state index in [1.165, 1.54) is 5.56 Å². The van der Waals surface area contributed by atoms with E-state index < -0.39 is 0 Å². The van der Waals surface area contributed by atoms with Gasteiger partial charge in [0, 0.05) is 10.6 Å². The molecule has 0 bridgehead atoms. The fourth-order valence-corrected chi connectivity index (χ4v) is 2.55. The van der Waals surface area contributed by atoms with E-state index in [0.717, 1.165) is 26.4 Å². The second-order valence-electron chi connectivity index (χ2n) is 4.32. The lowest BCUT2D eigenvalue weighted by molar-refractivity contribution is 0.304. The summed E-state index contributed by atoms with van der Waals surface area (Å²) in [4.78, 5) is 0. The lowest BCUT2D eigenvalue weighted by Gasteiger charge is -2.10. The fourth-order valence-electron chi connectivity index (χ4n) is 1.65. The summed E-state index contributed by atoms with van der Waals surface area (Å²) in [5.74, 6) is 0.831. The van der Waals surface area contributed by atoms with Gasteiger partial charge >= 0.3 is 0 Å². The molecule has 0 saturated heterocycles. The molecule has 18 heavy (non-hydrogen) atoms. The van der Waals surface area contributed by atoms with Crippen LogP contribution in [0.3, 0.4) is 0 Å². The average molecular weight is 326 g/mol. The van der Waals surface area contributed by atoms with Gasteiger partial charge in [0.2, 0.25) is 0 Å². The van der Waals surface area contributed by atoms with Gasteiger partial charge in [-0.15, -0.1) is 0 Å². The largest absolute Gasteiger partial charge is 0.488 e. The maximum Gasteiger partial charge on any atom is 0.134 e. The van der Waals surface area contributed by atoms with Gasteiger partial charge in [-0.3, -0.25) is 0 Å². The van der Waals surface area contributed by atoms with Crippen LogP contribution >= 0.6 is 27.5 Å². The van der Waals surface area contributed by atoms with Crippen LogP contribution in [-0.4, -0.2) is 0 Å². The zero-order valence-electron chi connectivity index (χ0n) is 10.3. The summed E-state index contributed by atoms with van der Waals surface area (Å²) >= 11 is 9.66. The Bertz CT molecular complexity index is 515. The van der Waals surface area contributed by atoms with Gasteiger partial charge in [-0.05, 0) is 59.1 Å². The molecule has 0 heterocycles. The van der Waals surface area contributed by atoms with Crippen molar-refractivity contribution in [2.24, 2.45) is 0 Å². The summed E-state index contributed by atoms with van der Waals surface area (Å²) in [7, 11) is 0. The molecule has 94 valence electrons. The Labute approximate surface area is 121 Å². The summed E-state index contributed by atoms with van der Waals surface area (Å²) < 4.78 is 6.73. The third-order valence-corrected chi connectivity index (χ3v) is 3.65. The highest BCUT2D eigenvalue weighted by atomic mass is 79.9. The van der Waals surface area contributed by atoms with Gasteiger partial charge in [0.1, 0.15) is 12.4 Å². The standard InChI is InChI=1S/C15H14BrClO/c1-10-4-6-15(13(16)7-10)18-9-12-5-3-11(2)8-14(12)17/h3-8H,9H2,1-2H3. The van der Waals surface area contributed by atoms with Crippen molar-refractivity contribution in [2.45, 2.75) is 20.5 Å². The van der Waals surface area contributed by atoms with Crippen LogP contribution < -0.4 is 4.74 Å². The molecule has 0 amide bonds. The highest BCUT2D eigenvalue weighted by molar-refractivity contribution is 9.10. The second kappa shape index (κ2) is 5.77. The molecule has 0 fully saturated rings. The third kappa shape index (κ3) is 3.27. The molecular weight excluding hydrogens is 312 g/mol. The monoisotopic (exact) mass is 324 g/mol. The second-order valence-corrected chi connectivity index (χ2v) is 5.58. The van der Waals surface area contributed by atoms with Crippen molar-refractivity contribution in [3.63, 3.8) is 0 Å². The number of halogens is 2. The maximum absolute atomic E-state index is 6.17. The molecule has 0 aliphatic heterocycles. The van der Waals surface area contributed by atoms with E-state index in [1.54, 1.807) is 0 Å². The van der Waals surface area contributed by atoms with Gasteiger partial charge in [-0.1, -0.05) is 29.8 Å². The number of hydrogen-bond donors (Lipinski definition) is 0. The minimum absolute atomic E-state index is 0.473. The topological polar surface area (TPSA) is 9.23 Å². The molecule has 2 aromatic carbocycles. The van der Waals surface area contributed by atoms with Crippen LogP contribution in [0.25, 0.3) is 0 Å². The maximum atomic E-state index is 6.17. The van der Waals surface area contributed by atoms with Crippen LogP contribution in [0.5, 0.6) is 5.75 Å². The van der Waals surface area contributed by atoms with Gasteiger partial charge in [0.05, 0.1) is 4.47 Å². The average Bonchev–Trinajstić information content (AvgIpc) is 2.30. The molecule has 0 aromatic heterocycles.